The van der Waals surface area contributed by atoms with E-state index in [1.807, 2.05) is 24.3 Å². The van der Waals surface area contributed by atoms with Crippen LogP contribution in [0.4, 0.5) is 0 Å². The molecule has 0 bridgehead atoms. The van der Waals surface area contributed by atoms with Gasteiger partial charge >= 0.3 is 0 Å². The third kappa shape index (κ3) is 19.7. The molecule has 16 N–H and O–H groups in total. The molecule has 96 heavy (non-hydrogen) atoms. The van der Waals surface area contributed by atoms with E-state index in [9.17, 15) is 58.3 Å². The quantitative estimate of drug-likeness (QED) is 0.0212. The number of nitrogens with one attached hydrogen (secondary N) is 12. The minimum atomic E-state index is -1.97. The number of hydrogen-bond donors (Lipinski definition) is 14. The number of H-pyrrole nitrogens is 2. The molecule has 32 heteroatoms. The molecule has 13 amide bonds. The molecule has 0 radical (unpaired) electrons. The van der Waals surface area contributed by atoms with E-state index in [1.165, 1.54) is 17.4 Å². The second-order valence-corrected chi connectivity index (χ2v) is 24.5. The monoisotopic (exact) mass is 1320 g/mol. The maximum atomic E-state index is 15.1. The van der Waals surface area contributed by atoms with Gasteiger partial charge in [0.25, 0.3) is 0 Å². The average Bonchev–Trinajstić information content (AvgIpc) is 1.64. The van der Waals surface area contributed by atoms with Gasteiger partial charge in [-0.15, -0.1) is 0 Å². The van der Waals surface area contributed by atoms with Crippen LogP contribution in [-0.2, 0) is 81.6 Å². The van der Waals surface area contributed by atoms with E-state index in [1.54, 1.807) is 62.5 Å². The first-order valence-electron chi connectivity index (χ1n) is 31.9. The predicted molar refractivity (Wildman–Crippen MR) is 346 cm³/mol. The first kappa shape index (κ1) is 71.1. The number of aromatic amines is 2. The molecule has 5 heterocycles. The number of carbonyl (C=O) groups excluding carboxylic acids is 13. The van der Waals surface area contributed by atoms with Crippen LogP contribution in [0.1, 0.15) is 101 Å². The van der Waals surface area contributed by atoms with Gasteiger partial charge in [0.15, 0.2) is 0 Å². The van der Waals surface area contributed by atoms with Crippen LogP contribution >= 0.6 is 0 Å². The Bertz CT molecular complexity index is 3760. The van der Waals surface area contributed by atoms with Gasteiger partial charge in [0.05, 0.1) is 6.33 Å². The van der Waals surface area contributed by atoms with Gasteiger partial charge in [-0.25, -0.2) is 4.98 Å². The summed E-state index contributed by atoms with van der Waals surface area (Å²) >= 11 is 0. The number of imidazole rings is 1. The molecule has 10 atom stereocenters. The number of nitrogens with two attached hydrogens (primary N) is 2. The van der Waals surface area contributed by atoms with Gasteiger partial charge in [0.1, 0.15) is 60.4 Å². The standard InChI is InChI=1S/C64H81N19O13/c1-34(2)24-45-58(90)74-44(64(96)83-23-9-15-51(83)63(95)80-50(30-65)55(66)87)14-7-8-22-69-52(84)20-18-43(57(89)76-46(59(91)75-45)26-35-16-17-36-10-3-4-11-37(36)25-35)73-62(94)49(29-54(86)81-82-67)79-60(92)47(27-38-31-70-41-13-6-5-12-40(38)41)77-61(93)48(28-39-32-68-33-71-39)78-56(88)42-19-21-53(85)72-42/h3-6,10-13,16-17,25,31-34,42-51,70H,7-9,14-15,18-24,26-30,65H2,1-2H3,(H2,66,87)(H,68,71)(H,69,84)(H,72,85)(H,73,94)(H,74,90)(H,75,91)(H,76,89)(H,77,93)(H,78,88)(H,79,92)(H,80,95)/t42-,43-,44-,45-,46+,47+,48-,49-,50?,51-/m0/s1. The van der Waals surface area contributed by atoms with Crippen LogP contribution in [0.2, 0.25) is 0 Å². The zero-order valence-electron chi connectivity index (χ0n) is 53.2. The van der Waals surface area contributed by atoms with Crippen molar-refractivity contribution >= 4 is 98.5 Å². The van der Waals surface area contributed by atoms with Crippen LogP contribution in [0.5, 0.6) is 0 Å². The molecule has 0 saturated carbocycles. The lowest BCUT2D eigenvalue weighted by atomic mass is 9.98. The molecule has 3 saturated heterocycles. The summed E-state index contributed by atoms with van der Waals surface area (Å²) in [5, 5.41) is 31.9. The minimum Gasteiger partial charge on any atom is -0.368 e. The highest BCUT2D eigenvalue weighted by molar-refractivity contribution is 6.01. The smallest absolute Gasteiger partial charge is 0.245 e. The molecule has 8 rings (SSSR count). The fourth-order valence-electron chi connectivity index (χ4n) is 11.9. The molecule has 0 aliphatic carbocycles. The Balaban J connectivity index is 1.09. The number of rotatable bonds is 23. The summed E-state index contributed by atoms with van der Waals surface area (Å²) in [7, 11) is 0. The highest BCUT2D eigenvalue weighted by atomic mass is 16.2. The lowest BCUT2D eigenvalue weighted by Crippen LogP contribution is -2.61. The van der Waals surface area contributed by atoms with Gasteiger partial charge in [-0.3, -0.25) is 62.3 Å². The molecule has 3 aliphatic heterocycles. The van der Waals surface area contributed by atoms with Crippen LogP contribution in [0.25, 0.3) is 32.1 Å². The molecular weight excluding hydrogens is 1240 g/mol. The topological polar surface area (TPSA) is 491 Å². The molecule has 3 aromatic carbocycles. The number of likely N-dealkylation sites (tertiary alicyclic amines) is 1. The third-order valence-electron chi connectivity index (χ3n) is 16.9. The lowest BCUT2D eigenvalue weighted by Gasteiger charge is -2.31. The summed E-state index contributed by atoms with van der Waals surface area (Å²) < 4.78 is 0. The van der Waals surface area contributed by atoms with Gasteiger partial charge in [-0.05, 0) is 95.9 Å². The zero-order chi connectivity index (χ0) is 69.0. The van der Waals surface area contributed by atoms with E-state index in [4.69, 9.17) is 11.5 Å². The second-order valence-electron chi connectivity index (χ2n) is 24.5. The van der Waals surface area contributed by atoms with Gasteiger partial charge in [-0.2, -0.15) is 0 Å². The Hall–Kier alpha value is -10.7. The van der Waals surface area contributed by atoms with Crippen molar-refractivity contribution in [2.24, 2.45) is 22.5 Å². The van der Waals surface area contributed by atoms with Crippen LogP contribution in [0, 0.1) is 5.92 Å². The van der Waals surface area contributed by atoms with Crippen LogP contribution in [0.15, 0.2) is 90.6 Å². The van der Waals surface area contributed by atoms with Crippen LogP contribution in [0.3, 0.4) is 0 Å². The zero-order valence-corrected chi connectivity index (χ0v) is 53.2. The summed E-state index contributed by atoms with van der Waals surface area (Å²) in [5.41, 5.74) is 22.6. The number of para-hydroxylation sites is 1. The highest BCUT2D eigenvalue weighted by Crippen LogP contribution is 2.23. The van der Waals surface area contributed by atoms with Gasteiger partial charge in [0.2, 0.25) is 76.8 Å². The second kappa shape index (κ2) is 33.9. The number of amides is 13. The van der Waals surface area contributed by atoms with Crippen molar-refractivity contribution in [2.75, 3.05) is 19.6 Å². The summed E-state index contributed by atoms with van der Waals surface area (Å²) in [5.74, 6) is -11.2. The average molecular weight is 1320 g/mol. The van der Waals surface area contributed by atoms with E-state index < -0.39 is 151 Å². The van der Waals surface area contributed by atoms with E-state index in [2.05, 4.69) is 78.1 Å². The molecule has 32 nitrogen and oxygen atoms in total. The van der Waals surface area contributed by atoms with Gasteiger partial charge < -0.3 is 79.5 Å². The number of benzene rings is 3. The van der Waals surface area contributed by atoms with E-state index in [-0.39, 0.29) is 95.7 Å². The number of primary amides is 1. The van der Waals surface area contributed by atoms with Gasteiger partial charge in [0, 0.05) is 92.1 Å². The van der Waals surface area contributed by atoms with Crippen molar-refractivity contribution in [3.05, 3.63) is 113 Å². The molecule has 0 spiro atoms. The van der Waals surface area contributed by atoms with E-state index in [0.29, 0.717) is 34.1 Å². The summed E-state index contributed by atoms with van der Waals surface area (Å²) in [4.78, 5) is 196. The molecule has 510 valence electrons. The number of nitrogens with zero attached hydrogens (tertiary/aromatic N) is 5. The first-order chi connectivity index (χ1) is 46.1. The Kier molecular flexibility index (Phi) is 25.1. The Morgan fingerprint density at radius 3 is 2.10 bits per heavy atom. The molecule has 1 unspecified atom stereocenters. The van der Waals surface area contributed by atoms with Crippen molar-refractivity contribution in [2.45, 2.75) is 164 Å². The van der Waals surface area contributed by atoms with Crippen molar-refractivity contribution in [3.63, 3.8) is 0 Å². The van der Waals surface area contributed by atoms with Crippen LogP contribution in [-0.4, -0.2) is 177 Å². The SMILES string of the molecule is CC(C)C[C@@H]1NC(=O)[C@@H](Cc2ccc3ccccc3c2)NC(=O)[C@@H](NC(=O)[C@H](CC(=O)N=[N+]=[N-])NC(=O)[C@@H](Cc2c[nH]c3ccccc23)NC(=O)[C@H](Cc2cnc[nH]2)NC(=O)[C@@H]2CCC(=O)N2)CCC(=O)NCCCC[C@@H](C(=O)N2CCC[C@H]2C(=O)NC(CN)C(N)=O)NC1=O. The third-order valence-corrected chi connectivity index (χ3v) is 16.9. The summed E-state index contributed by atoms with van der Waals surface area (Å²) in [6, 6.07) is 5.74. The number of fused-ring (bicyclic) bond motifs is 2. The maximum absolute atomic E-state index is 15.1. The number of azide groups is 1. The largest absolute Gasteiger partial charge is 0.368 e. The summed E-state index contributed by atoms with van der Waals surface area (Å²) in [6.07, 6.45) is 3.20. The van der Waals surface area contributed by atoms with Crippen molar-refractivity contribution in [3.8, 4) is 0 Å². The predicted octanol–water partition coefficient (Wildman–Crippen LogP) is -0.983. The van der Waals surface area contributed by atoms with Crippen molar-refractivity contribution < 1.29 is 62.3 Å². The minimum absolute atomic E-state index is 0.0121. The van der Waals surface area contributed by atoms with E-state index in [0.717, 1.165) is 10.8 Å². The molecule has 3 fully saturated rings. The number of aromatic nitrogens is 3. The maximum Gasteiger partial charge on any atom is 0.245 e. The molecule has 5 aromatic rings. The molecular formula is C64H81N19O13. The highest BCUT2D eigenvalue weighted by Gasteiger charge is 2.41. The van der Waals surface area contributed by atoms with Crippen molar-refractivity contribution in [1.82, 2.24) is 73.0 Å². The number of carbonyl (C=O) groups is 13. The Labute approximate surface area is 550 Å². The lowest BCUT2D eigenvalue weighted by molar-refractivity contribution is -0.142. The fourth-order valence-corrected chi connectivity index (χ4v) is 11.9. The fraction of sp³-hybridized carbons (Fsp3) is 0.469. The Morgan fingerprint density at radius 2 is 1.40 bits per heavy atom. The van der Waals surface area contributed by atoms with Crippen LogP contribution < -0.4 is 64.6 Å². The Morgan fingerprint density at radius 1 is 0.698 bits per heavy atom. The molecule has 2 aromatic heterocycles. The summed E-state index contributed by atoms with van der Waals surface area (Å²) in [6.45, 7) is 3.47. The normalized spacial score (nSPS) is 21.0. The molecule has 3 aliphatic rings. The van der Waals surface area contributed by atoms with E-state index >= 15 is 9.59 Å². The van der Waals surface area contributed by atoms with Crippen molar-refractivity contribution in [1.29, 1.82) is 0 Å². The number of hydrogen-bond acceptors (Lipinski definition) is 15. The first-order valence-corrected chi connectivity index (χ1v) is 31.9. The van der Waals surface area contributed by atoms with Gasteiger partial charge in [-0.1, -0.05) is 74.5 Å².